The van der Waals surface area contributed by atoms with Gasteiger partial charge >= 0.3 is 0 Å². The van der Waals surface area contributed by atoms with Crippen LogP contribution in [-0.2, 0) is 19.5 Å². The molecule has 0 radical (unpaired) electrons. The predicted molar refractivity (Wildman–Crippen MR) is 17.8 cm³/mol. The van der Waals surface area contributed by atoms with Gasteiger partial charge in [0.25, 0.3) is 0 Å². The molecule has 0 unspecified atom stereocenters. The average Bonchev–Trinajstić information content (AvgIpc) is 1.37. The Kier molecular flexibility index (Phi) is 16.5. The molecular weight excluding hydrogens is 141 g/mol. The molecule has 28 valence electrons. The van der Waals surface area contributed by atoms with Gasteiger partial charge in [0.15, 0.2) is 0 Å². The maximum absolute atomic E-state index is 7.74. The molecular formula is C2H5ClOZn. The van der Waals surface area contributed by atoms with Gasteiger partial charge in [-0.25, -0.2) is 0 Å². The van der Waals surface area contributed by atoms with Gasteiger partial charge in [0, 0.05) is 25.4 Å². The van der Waals surface area contributed by atoms with E-state index in [1.807, 2.05) is 0 Å². The molecule has 0 bridgehead atoms. The predicted octanol–water partition coefficient (Wildman–Crippen LogP) is 0.215. The van der Waals surface area contributed by atoms with Crippen molar-refractivity contribution in [1.29, 1.82) is 0 Å². The number of halogens is 1. The number of hydrogen-bond donors (Lipinski definition) is 1. The van der Waals surface area contributed by atoms with Crippen LogP contribution in [0.15, 0.2) is 0 Å². The van der Waals surface area contributed by atoms with E-state index in [9.17, 15) is 0 Å². The normalized spacial score (nSPS) is 6.00. The van der Waals surface area contributed by atoms with Gasteiger partial charge in [-0.1, -0.05) is 0 Å². The zero-order valence-corrected chi connectivity index (χ0v) is 6.67. The third kappa shape index (κ3) is 11.5. The van der Waals surface area contributed by atoms with Crippen molar-refractivity contribution in [2.75, 3.05) is 12.5 Å². The van der Waals surface area contributed by atoms with E-state index in [0.29, 0.717) is 5.88 Å². The largest absolute Gasteiger partial charge is 0.395 e. The van der Waals surface area contributed by atoms with E-state index in [0.717, 1.165) is 0 Å². The first kappa shape index (κ1) is 9.30. The van der Waals surface area contributed by atoms with Crippen molar-refractivity contribution in [3.8, 4) is 0 Å². The van der Waals surface area contributed by atoms with Crippen molar-refractivity contribution >= 4 is 11.6 Å². The first-order valence-electron chi connectivity index (χ1n) is 1.08. The second kappa shape index (κ2) is 8.86. The van der Waals surface area contributed by atoms with E-state index in [2.05, 4.69) is 0 Å². The summed E-state index contributed by atoms with van der Waals surface area (Å²) in [4.78, 5) is 0. The fraction of sp³-hybridized carbons (Fsp3) is 1.00. The van der Waals surface area contributed by atoms with E-state index >= 15 is 0 Å². The van der Waals surface area contributed by atoms with Gasteiger partial charge in [0.1, 0.15) is 0 Å². The summed E-state index contributed by atoms with van der Waals surface area (Å²) in [6.45, 7) is 0.0849. The quantitative estimate of drug-likeness (QED) is 0.414. The van der Waals surface area contributed by atoms with Crippen molar-refractivity contribution in [1.82, 2.24) is 0 Å². The Bertz CT molecular complexity index is 11.6. The van der Waals surface area contributed by atoms with Crippen LogP contribution in [-0.4, -0.2) is 17.6 Å². The minimum atomic E-state index is 0. The van der Waals surface area contributed by atoms with Crippen LogP contribution in [0.3, 0.4) is 0 Å². The summed E-state index contributed by atoms with van der Waals surface area (Å²) in [7, 11) is 0. The zero-order valence-electron chi connectivity index (χ0n) is 2.95. The molecule has 0 spiro atoms. The Morgan fingerprint density at radius 2 is 1.80 bits per heavy atom. The monoisotopic (exact) mass is 144 g/mol. The van der Waals surface area contributed by atoms with E-state index in [4.69, 9.17) is 16.7 Å². The minimum Gasteiger partial charge on any atom is -0.395 e. The summed E-state index contributed by atoms with van der Waals surface area (Å²) < 4.78 is 0. The van der Waals surface area contributed by atoms with Crippen LogP contribution in [0.25, 0.3) is 0 Å². The van der Waals surface area contributed by atoms with Crippen LogP contribution in [0.5, 0.6) is 0 Å². The van der Waals surface area contributed by atoms with Gasteiger partial charge in [0.2, 0.25) is 0 Å². The summed E-state index contributed by atoms with van der Waals surface area (Å²) >= 11 is 4.94. The molecule has 1 nitrogen and oxygen atoms in total. The molecule has 0 atom stereocenters. The molecule has 0 heterocycles. The third-order valence-corrected chi connectivity index (χ3v) is 0.254. The van der Waals surface area contributed by atoms with E-state index < -0.39 is 0 Å². The second-order valence-electron chi connectivity index (χ2n) is 0.413. The summed E-state index contributed by atoms with van der Waals surface area (Å²) in [5, 5.41) is 7.74. The van der Waals surface area contributed by atoms with Gasteiger partial charge in [0.05, 0.1) is 6.61 Å². The summed E-state index contributed by atoms with van der Waals surface area (Å²) in [6.07, 6.45) is 0. The SMILES string of the molecule is OCCCl.[Zn]. The Balaban J connectivity index is 0. The molecule has 0 aromatic rings. The first-order chi connectivity index (χ1) is 1.91. The molecule has 5 heavy (non-hydrogen) atoms. The maximum Gasteiger partial charge on any atom is 0.0566 e. The zero-order chi connectivity index (χ0) is 3.41. The van der Waals surface area contributed by atoms with Crippen LogP contribution < -0.4 is 0 Å². The minimum absolute atomic E-state index is 0. The van der Waals surface area contributed by atoms with Gasteiger partial charge in [-0.3, -0.25) is 0 Å². The smallest absolute Gasteiger partial charge is 0.0566 e. The van der Waals surface area contributed by atoms with Crippen molar-refractivity contribution in [2.24, 2.45) is 0 Å². The second-order valence-corrected chi connectivity index (χ2v) is 0.791. The molecule has 0 saturated carbocycles. The van der Waals surface area contributed by atoms with Crippen LogP contribution in [0.1, 0.15) is 0 Å². The van der Waals surface area contributed by atoms with Crippen LogP contribution in [0, 0.1) is 0 Å². The third-order valence-electron chi connectivity index (χ3n) is 0.0845. The fourth-order valence-electron chi connectivity index (χ4n) is 0. The van der Waals surface area contributed by atoms with E-state index in [-0.39, 0.29) is 26.1 Å². The standard InChI is InChI=1S/C2H5ClO.Zn/c3-1-2-4;/h4H,1-2H2;. The molecule has 0 saturated heterocycles. The Morgan fingerprint density at radius 3 is 1.80 bits per heavy atom. The van der Waals surface area contributed by atoms with E-state index in [1.54, 1.807) is 0 Å². The molecule has 0 aromatic carbocycles. The number of hydrogen-bond acceptors (Lipinski definition) is 1. The van der Waals surface area contributed by atoms with Crippen molar-refractivity contribution in [3.63, 3.8) is 0 Å². The number of rotatable bonds is 1. The molecule has 0 aromatic heterocycles. The molecule has 0 aliphatic heterocycles. The van der Waals surface area contributed by atoms with Crippen LogP contribution >= 0.6 is 11.6 Å². The molecule has 1 N–H and O–H groups in total. The topological polar surface area (TPSA) is 20.2 Å². The van der Waals surface area contributed by atoms with Crippen molar-refractivity contribution < 1.29 is 24.6 Å². The van der Waals surface area contributed by atoms with Gasteiger partial charge in [-0.2, -0.15) is 0 Å². The Hall–Kier alpha value is 0.873. The fourth-order valence-corrected chi connectivity index (χ4v) is 0. The van der Waals surface area contributed by atoms with Gasteiger partial charge < -0.3 is 5.11 Å². The van der Waals surface area contributed by atoms with Crippen LogP contribution in [0.4, 0.5) is 0 Å². The Labute approximate surface area is 49.1 Å². The molecule has 3 heteroatoms. The van der Waals surface area contributed by atoms with Crippen molar-refractivity contribution in [3.05, 3.63) is 0 Å². The summed E-state index contributed by atoms with van der Waals surface area (Å²) in [6, 6.07) is 0. The molecule has 0 aliphatic carbocycles. The Morgan fingerprint density at radius 1 is 1.60 bits per heavy atom. The molecule has 0 rings (SSSR count). The molecule has 0 amide bonds. The summed E-state index contributed by atoms with van der Waals surface area (Å²) in [5.41, 5.74) is 0. The summed E-state index contributed by atoms with van der Waals surface area (Å²) in [5.74, 6) is 0.347. The molecule has 0 fully saturated rings. The number of aliphatic hydroxyl groups excluding tert-OH is 1. The first-order valence-corrected chi connectivity index (χ1v) is 1.62. The van der Waals surface area contributed by atoms with E-state index in [1.165, 1.54) is 0 Å². The number of aliphatic hydroxyl groups is 1. The maximum atomic E-state index is 7.74. The number of alkyl halides is 1. The van der Waals surface area contributed by atoms with Crippen LogP contribution in [0.2, 0.25) is 0 Å². The van der Waals surface area contributed by atoms with Crippen molar-refractivity contribution in [2.45, 2.75) is 0 Å². The average molecular weight is 146 g/mol. The van der Waals surface area contributed by atoms with Gasteiger partial charge in [-0.05, 0) is 0 Å². The van der Waals surface area contributed by atoms with Gasteiger partial charge in [-0.15, -0.1) is 11.6 Å². The molecule has 0 aliphatic rings.